The van der Waals surface area contributed by atoms with E-state index < -0.39 is 10.0 Å². The van der Waals surface area contributed by atoms with E-state index in [2.05, 4.69) is 28.9 Å². The summed E-state index contributed by atoms with van der Waals surface area (Å²) in [7, 11) is -3.47. The first-order valence-electron chi connectivity index (χ1n) is 10.1. The zero-order chi connectivity index (χ0) is 21.3. The lowest BCUT2D eigenvalue weighted by Gasteiger charge is -2.34. The summed E-state index contributed by atoms with van der Waals surface area (Å²) in [5, 5.41) is 0. The van der Waals surface area contributed by atoms with Gasteiger partial charge in [-0.05, 0) is 32.9 Å². The van der Waals surface area contributed by atoms with Crippen LogP contribution in [0.3, 0.4) is 0 Å². The molecule has 156 valence electrons. The lowest BCUT2D eigenvalue weighted by molar-refractivity contribution is 0.384. The van der Waals surface area contributed by atoms with Gasteiger partial charge in [-0.15, -0.1) is 0 Å². The highest BCUT2D eigenvalue weighted by Gasteiger charge is 2.29. The molecule has 2 aromatic carbocycles. The molecule has 4 rings (SSSR count). The fourth-order valence-electron chi connectivity index (χ4n) is 3.56. The number of nitrogens with zero attached hydrogens (tertiary/aromatic N) is 4. The van der Waals surface area contributed by atoms with Gasteiger partial charge in [0.25, 0.3) is 0 Å². The van der Waals surface area contributed by atoms with E-state index in [-0.39, 0.29) is 0 Å². The zero-order valence-electron chi connectivity index (χ0n) is 17.5. The molecule has 1 saturated heterocycles. The minimum atomic E-state index is -3.47. The van der Waals surface area contributed by atoms with Crippen LogP contribution in [0.1, 0.15) is 16.8 Å². The van der Waals surface area contributed by atoms with Crippen molar-refractivity contribution in [3.8, 4) is 11.4 Å². The molecule has 0 amide bonds. The molecule has 1 aliphatic heterocycles. The van der Waals surface area contributed by atoms with Gasteiger partial charge in [-0.1, -0.05) is 47.5 Å². The van der Waals surface area contributed by atoms with Crippen LogP contribution in [0.2, 0.25) is 0 Å². The van der Waals surface area contributed by atoms with E-state index in [1.807, 2.05) is 44.2 Å². The summed E-state index contributed by atoms with van der Waals surface area (Å²) in [5.74, 6) is 1.53. The Kier molecular flexibility index (Phi) is 5.58. The average molecular weight is 423 g/mol. The maximum Gasteiger partial charge on any atom is 0.243 e. The van der Waals surface area contributed by atoms with Gasteiger partial charge in [-0.25, -0.2) is 18.4 Å². The third kappa shape index (κ3) is 4.22. The average Bonchev–Trinajstić information content (AvgIpc) is 2.74. The Balaban J connectivity index is 1.51. The van der Waals surface area contributed by atoms with Crippen LogP contribution in [0.25, 0.3) is 11.4 Å². The maximum absolute atomic E-state index is 12.9. The summed E-state index contributed by atoms with van der Waals surface area (Å²) in [6, 6.07) is 17.1. The predicted octanol–water partition coefficient (Wildman–Crippen LogP) is 3.58. The third-order valence-corrected chi connectivity index (χ3v) is 7.28. The van der Waals surface area contributed by atoms with Gasteiger partial charge in [0.2, 0.25) is 10.0 Å². The molecule has 0 N–H and O–H groups in total. The van der Waals surface area contributed by atoms with Crippen LogP contribution in [0, 0.1) is 20.8 Å². The molecule has 0 unspecified atom stereocenters. The predicted molar refractivity (Wildman–Crippen MR) is 119 cm³/mol. The number of sulfonamides is 1. The Morgan fingerprint density at radius 2 is 1.33 bits per heavy atom. The van der Waals surface area contributed by atoms with Crippen molar-refractivity contribution < 1.29 is 8.42 Å². The summed E-state index contributed by atoms with van der Waals surface area (Å²) < 4.78 is 27.4. The van der Waals surface area contributed by atoms with Crippen molar-refractivity contribution in [1.29, 1.82) is 0 Å². The first-order chi connectivity index (χ1) is 14.3. The fraction of sp³-hybridized carbons (Fsp3) is 0.304. The van der Waals surface area contributed by atoms with Crippen molar-refractivity contribution in [2.75, 3.05) is 31.1 Å². The van der Waals surface area contributed by atoms with Crippen molar-refractivity contribution in [3.05, 3.63) is 71.4 Å². The zero-order valence-corrected chi connectivity index (χ0v) is 18.4. The van der Waals surface area contributed by atoms with Gasteiger partial charge in [0.15, 0.2) is 5.82 Å². The fourth-order valence-corrected chi connectivity index (χ4v) is 4.98. The Hall–Kier alpha value is -2.77. The molecule has 0 spiro atoms. The Labute approximate surface area is 178 Å². The summed E-state index contributed by atoms with van der Waals surface area (Å²) in [5.41, 5.74) is 4.11. The van der Waals surface area contributed by atoms with E-state index >= 15 is 0 Å². The number of aryl methyl sites for hydroxylation is 3. The lowest BCUT2D eigenvalue weighted by atomic mass is 10.1. The molecule has 1 fully saturated rings. The second-order valence-corrected chi connectivity index (χ2v) is 9.70. The molecule has 7 heteroatoms. The van der Waals surface area contributed by atoms with Gasteiger partial charge in [-0.3, -0.25) is 0 Å². The molecule has 1 aromatic heterocycles. The van der Waals surface area contributed by atoms with Crippen molar-refractivity contribution in [3.63, 3.8) is 0 Å². The van der Waals surface area contributed by atoms with Crippen molar-refractivity contribution in [2.45, 2.75) is 25.7 Å². The largest absolute Gasteiger partial charge is 0.354 e. The van der Waals surface area contributed by atoms with Crippen LogP contribution in [-0.2, 0) is 10.0 Å². The van der Waals surface area contributed by atoms with Gasteiger partial charge < -0.3 is 4.90 Å². The highest BCUT2D eigenvalue weighted by Crippen LogP contribution is 2.23. The van der Waals surface area contributed by atoms with Crippen molar-refractivity contribution in [2.24, 2.45) is 0 Å². The van der Waals surface area contributed by atoms with E-state index in [1.165, 1.54) is 5.56 Å². The van der Waals surface area contributed by atoms with Gasteiger partial charge in [0.05, 0.1) is 4.90 Å². The molecular formula is C23H26N4O2S. The maximum atomic E-state index is 12.9. The standard InChI is InChI=1S/C23H26N4O2S/c1-17-4-8-20(9-5-17)23-24-19(3)16-22(25-23)26-12-14-27(15-13-26)30(28,29)21-10-6-18(2)7-11-21/h4-11,16H,12-15H2,1-3H3. The second kappa shape index (κ2) is 8.16. The Morgan fingerprint density at radius 1 is 0.767 bits per heavy atom. The monoisotopic (exact) mass is 422 g/mol. The topological polar surface area (TPSA) is 66.4 Å². The number of piperazine rings is 1. The minimum absolute atomic E-state index is 0.348. The van der Waals surface area contributed by atoms with E-state index in [4.69, 9.17) is 4.98 Å². The molecule has 0 bridgehead atoms. The van der Waals surface area contributed by atoms with E-state index in [9.17, 15) is 8.42 Å². The van der Waals surface area contributed by atoms with E-state index in [1.54, 1.807) is 16.4 Å². The number of benzene rings is 2. The number of hydrogen-bond acceptors (Lipinski definition) is 5. The lowest BCUT2D eigenvalue weighted by Crippen LogP contribution is -2.49. The first-order valence-corrected chi connectivity index (χ1v) is 11.5. The number of rotatable bonds is 4. The number of anilines is 1. The molecule has 0 radical (unpaired) electrons. The molecule has 0 saturated carbocycles. The van der Waals surface area contributed by atoms with Crippen molar-refractivity contribution >= 4 is 15.8 Å². The number of aromatic nitrogens is 2. The summed E-state index contributed by atoms with van der Waals surface area (Å²) in [6.07, 6.45) is 0. The van der Waals surface area contributed by atoms with Crippen LogP contribution in [0.4, 0.5) is 5.82 Å². The van der Waals surface area contributed by atoms with Crippen LogP contribution in [0.15, 0.2) is 59.5 Å². The molecule has 0 aliphatic carbocycles. The van der Waals surface area contributed by atoms with E-state index in [0.717, 1.165) is 22.6 Å². The van der Waals surface area contributed by atoms with E-state index in [0.29, 0.717) is 36.9 Å². The molecule has 6 nitrogen and oxygen atoms in total. The van der Waals surface area contributed by atoms with Crippen LogP contribution in [-0.4, -0.2) is 48.9 Å². The number of hydrogen-bond donors (Lipinski definition) is 0. The molecule has 0 atom stereocenters. The molecular weight excluding hydrogens is 396 g/mol. The molecule has 1 aliphatic rings. The Bertz CT molecular complexity index is 1130. The van der Waals surface area contributed by atoms with Crippen molar-refractivity contribution in [1.82, 2.24) is 14.3 Å². The third-order valence-electron chi connectivity index (χ3n) is 5.37. The van der Waals surface area contributed by atoms with Gasteiger partial charge >= 0.3 is 0 Å². The van der Waals surface area contributed by atoms with Gasteiger partial charge in [-0.2, -0.15) is 4.31 Å². The van der Waals surface area contributed by atoms with Crippen LogP contribution >= 0.6 is 0 Å². The quantitative estimate of drug-likeness (QED) is 0.643. The highest BCUT2D eigenvalue weighted by molar-refractivity contribution is 7.89. The van der Waals surface area contributed by atoms with Gasteiger partial charge in [0.1, 0.15) is 5.82 Å². The minimum Gasteiger partial charge on any atom is -0.354 e. The summed E-state index contributed by atoms with van der Waals surface area (Å²) in [4.78, 5) is 11.8. The normalized spacial score (nSPS) is 15.4. The molecule has 2 heterocycles. The smallest absolute Gasteiger partial charge is 0.243 e. The van der Waals surface area contributed by atoms with Gasteiger partial charge in [0, 0.05) is 43.5 Å². The summed E-state index contributed by atoms with van der Waals surface area (Å²) in [6.45, 7) is 8.00. The molecule has 3 aromatic rings. The SMILES string of the molecule is Cc1ccc(-c2nc(C)cc(N3CCN(S(=O)(=O)c4ccc(C)cc4)CC3)n2)cc1. The molecule has 30 heavy (non-hydrogen) atoms. The van der Waals surface area contributed by atoms with Crippen LogP contribution < -0.4 is 4.90 Å². The summed E-state index contributed by atoms with van der Waals surface area (Å²) >= 11 is 0. The Morgan fingerprint density at radius 3 is 1.93 bits per heavy atom. The van der Waals surface area contributed by atoms with Crippen LogP contribution in [0.5, 0.6) is 0 Å². The second-order valence-electron chi connectivity index (χ2n) is 7.76. The first kappa shape index (κ1) is 20.5. The highest BCUT2D eigenvalue weighted by atomic mass is 32.2.